The maximum absolute atomic E-state index is 12.5. The van der Waals surface area contributed by atoms with Crippen LogP contribution >= 0.6 is 0 Å². The van der Waals surface area contributed by atoms with E-state index in [-0.39, 0.29) is 24.2 Å². The lowest BCUT2D eigenvalue weighted by atomic mass is 9.99. The van der Waals surface area contributed by atoms with Crippen LogP contribution in [0, 0.1) is 0 Å². The van der Waals surface area contributed by atoms with E-state index < -0.39 is 0 Å². The van der Waals surface area contributed by atoms with Crippen LogP contribution in [-0.2, 0) is 0 Å². The largest absolute Gasteiger partial charge is 0.497 e. The molecule has 2 atom stereocenters. The van der Waals surface area contributed by atoms with Crippen molar-refractivity contribution in [2.24, 2.45) is 0 Å². The van der Waals surface area contributed by atoms with Crippen molar-refractivity contribution >= 4 is 6.03 Å². The number of rotatable bonds is 5. The van der Waals surface area contributed by atoms with Crippen LogP contribution in [0.5, 0.6) is 5.75 Å². The van der Waals surface area contributed by atoms with Gasteiger partial charge < -0.3 is 15.0 Å². The lowest BCUT2D eigenvalue weighted by Gasteiger charge is -2.31. The number of benzene rings is 1. The van der Waals surface area contributed by atoms with Crippen LogP contribution in [0.25, 0.3) is 0 Å². The fraction of sp³-hybridized carbons (Fsp3) is 0.632. The number of likely N-dealkylation sites (tertiary alicyclic amines) is 1. The third kappa shape index (κ3) is 3.51. The summed E-state index contributed by atoms with van der Waals surface area (Å²) in [5.41, 5.74) is 1.23. The molecule has 1 N–H and O–H groups in total. The molecule has 0 unspecified atom stereocenters. The predicted octanol–water partition coefficient (Wildman–Crippen LogP) is 3.02. The van der Waals surface area contributed by atoms with Crippen LogP contribution in [-0.4, -0.2) is 54.7 Å². The van der Waals surface area contributed by atoms with Crippen LogP contribution in [0.3, 0.4) is 0 Å². The minimum Gasteiger partial charge on any atom is -0.497 e. The van der Waals surface area contributed by atoms with Crippen molar-refractivity contribution in [1.82, 2.24) is 15.1 Å². The van der Waals surface area contributed by atoms with E-state index in [1.165, 1.54) is 18.4 Å². The summed E-state index contributed by atoms with van der Waals surface area (Å²) in [5, 5.41) is 3.26. The van der Waals surface area contributed by atoms with E-state index in [9.17, 15) is 4.79 Å². The van der Waals surface area contributed by atoms with Gasteiger partial charge in [-0.25, -0.2) is 4.79 Å². The summed E-state index contributed by atoms with van der Waals surface area (Å²) in [7, 11) is 3.55. The lowest BCUT2D eigenvalue weighted by Crippen LogP contribution is -2.47. The lowest BCUT2D eigenvalue weighted by molar-refractivity contribution is 0.183. The van der Waals surface area contributed by atoms with Gasteiger partial charge in [0.05, 0.1) is 19.2 Å². The first-order valence-corrected chi connectivity index (χ1v) is 8.94. The Bertz CT molecular complexity index is 586. The molecule has 1 aliphatic heterocycles. The second kappa shape index (κ2) is 7.01. The molecule has 1 aromatic carbocycles. The molecular weight excluding hydrogens is 302 g/mol. The van der Waals surface area contributed by atoms with Crippen LogP contribution < -0.4 is 10.1 Å². The zero-order chi connectivity index (χ0) is 17.3. The highest BCUT2D eigenvalue weighted by Gasteiger charge is 2.43. The fourth-order valence-electron chi connectivity index (χ4n) is 3.53. The van der Waals surface area contributed by atoms with E-state index in [4.69, 9.17) is 4.74 Å². The molecule has 1 aliphatic carbocycles. The summed E-state index contributed by atoms with van der Waals surface area (Å²) < 4.78 is 5.40. The average Bonchev–Trinajstić information content (AvgIpc) is 3.35. The number of hydrogen-bond acceptors (Lipinski definition) is 3. The Kier molecular flexibility index (Phi) is 4.99. The summed E-state index contributed by atoms with van der Waals surface area (Å²) >= 11 is 0. The number of urea groups is 1. The highest BCUT2D eigenvalue weighted by molar-refractivity contribution is 5.74. The Hall–Kier alpha value is -1.75. The van der Waals surface area contributed by atoms with Gasteiger partial charge in [0, 0.05) is 25.7 Å². The van der Waals surface area contributed by atoms with Gasteiger partial charge >= 0.3 is 6.03 Å². The smallest absolute Gasteiger partial charge is 0.317 e. The number of carbonyl (C=O) groups excluding carboxylic acids is 1. The Morgan fingerprint density at radius 1 is 1.33 bits per heavy atom. The molecule has 1 heterocycles. The molecule has 132 valence electrons. The maximum Gasteiger partial charge on any atom is 0.317 e. The minimum atomic E-state index is 0.0144. The van der Waals surface area contributed by atoms with E-state index in [1.807, 2.05) is 33.0 Å². The van der Waals surface area contributed by atoms with Gasteiger partial charge in [-0.1, -0.05) is 12.1 Å². The van der Waals surface area contributed by atoms with Crippen molar-refractivity contribution in [1.29, 1.82) is 0 Å². The fourth-order valence-corrected chi connectivity index (χ4v) is 3.53. The predicted molar refractivity (Wildman–Crippen MR) is 95.3 cm³/mol. The van der Waals surface area contributed by atoms with Crippen LogP contribution in [0.15, 0.2) is 24.3 Å². The number of hydrogen-bond donors (Lipinski definition) is 1. The van der Waals surface area contributed by atoms with E-state index in [0.29, 0.717) is 6.04 Å². The summed E-state index contributed by atoms with van der Waals surface area (Å²) in [6.07, 6.45) is 3.54. The monoisotopic (exact) mass is 331 g/mol. The number of nitrogens with one attached hydrogen (secondary N) is 1. The Morgan fingerprint density at radius 2 is 2.08 bits per heavy atom. The van der Waals surface area contributed by atoms with Crippen LogP contribution in [0.1, 0.15) is 44.7 Å². The molecule has 5 heteroatoms. The van der Waals surface area contributed by atoms with Gasteiger partial charge in [-0.2, -0.15) is 0 Å². The van der Waals surface area contributed by atoms with E-state index in [0.717, 1.165) is 18.7 Å². The van der Waals surface area contributed by atoms with Gasteiger partial charge in [0.1, 0.15) is 5.75 Å². The molecule has 1 saturated heterocycles. The first-order chi connectivity index (χ1) is 11.5. The number of carbonyl (C=O) groups is 1. The Balaban J connectivity index is 1.81. The molecule has 0 bridgehead atoms. The second-order valence-corrected chi connectivity index (χ2v) is 7.24. The quantitative estimate of drug-likeness (QED) is 0.902. The summed E-state index contributed by atoms with van der Waals surface area (Å²) in [6, 6.07) is 9.53. The molecule has 2 fully saturated rings. The Morgan fingerprint density at radius 3 is 2.71 bits per heavy atom. The van der Waals surface area contributed by atoms with Crippen molar-refractivity contribution in [3.05, 3.63) is 29.8 Å². The Labute approximate surface area is 145 Å². The van der Waals surface area contributed by atoms with Crippen LogP contribution in [0.4, 0.5) is 4.79 Å². The number of nitrogens with zero attached hydrogens (tertiary/aromatic N) is 2. The van der Waals surface area contributed by atoms with Gasteiger partial charge in [0.25, 0.3) is 0 Å². The zero-order valence-corrected chi connectivity index (χ0v) is 15.2. The van der Waals surface area contributed by atoms with Crippen molar-refractivity contribution in [3.63, 3.8) is 0 Å². The molecule has 0 spiro atoms. The van der Waals surface area contributed by atoms with E-state index >= 15 is 0 Å². The van der Waals surface area contributed by atoms with Crippen molar-refractivity contribution in [3.8, 4) is 5.75 Å². The van der Waals surface area contributed by atoms with Crippen LogP contribution in [0.2, 0.25) is 0 Å². The normalized spacial score (nSPS) is 24.2. The molecule has 0 aromatic heterocycles. The van der Waals surface area contributed by atoms with Gasteiger partial charge in [0.2, 0.25) is 0 Å². The van der Waals surface area contributed by atoms with Gasteiger partial charge in [0.15, 0.2) is 0 Å². The SMILES string of the molecule is COc1cccc([C@H]2[C@H](NC(=O)N(C)C(C)C)CCN2C2CC2)c1. The second-order valence-electron chi connectivity index (χ2n) is 7.24. The van der Waals surface area contributed by atoms with Gasteiger partial charge in [-0.3, -0.25) is 4.90 Å². The molecule has 1 aromatic rings. The van der Waals surface area contributed by atoms with Crippen molar-refractivity contribution < 1.29 is 9.53 Å². The zero-order valence-electron chi connectivity index (χ0n) is 15.2. The summed E-state index contributed by atoms with van der Waals surface area (Å²) in [4.78, 5) is 16.8. The molecule has 3 rings (SSSR count). The van der Waals surface area contributed by atoms with E-state index in [1.54, 1.807) is 12.0 Å². The van der Waals surface area contributed by atoms with Crippen molar-refractivity contribution in [2.75, 3.05) is 20.7 Å². The van der Waals surface area contributed by atoms with Gasteiger partial charge in [-0.05, 0) is 50.8 Å². The molecule has 0 radical (unpaired) electrons. The standard InChI is InChI=1S/C19H29N3O2/c1-13(2)21(3)19(23)20-17-10-11-22(15-8-9-15)18(17)14-6-5-7-16(12-14)24-4/h5-7,12-13,15,17-18H,8-11H2,1-4H3,(H,20,23)/t17-,18+/m1/s1. The minimum absolute atomic E-state index is 0.0144. The van der Waals surface area contributed by atoms with Crippen molar-refractivity contribution in [2.45, 2.75) is 57.3 Å². The molecule has 1 saturated carbocycles. The average molecular weight is 331 g/mol. The number of methoxy groups -OCH3 is 1. The molecule has 2 amide bonds. The topological polar surface area (TPSA) is 44.8 Å². The van der Waals surface area contributed by atoms with E-state index in [2.05, 4.69) is 22.3 Å². The molecule has 5 nitrogen and oxygen atoms in total. The number of amides is 2. The van der Waals surface area contributed by atoms with Gasteiger partial charge in [-0.15, -0.1) is 0 Å². The first kappa shape index (κ1) is 17.1. The highest BCUT2D eigenvalue weighted by Crippen LogP contribution is 2.41. The summed E-state index contributed by atoms with van der Waals surface area (Å²) in [5.74, 6) is 0.875. The molecular formula is C19H29N3O2. The summed E-state index contributed by atoms with van der Waals surface area (Å²) in [6.45, 7) is 5.11. The maximum atomic E-state index is 12.5. The number of ether oxygens (including phenoxy) is 1. The first-order valence-electron chi connectivity index (χ1n) is 8.94. The molecule has 2 aliphatic rings. The highest BCUT2D eigenvalue weighted by atomic mass is 16.5. The third-order valence-electron chi connectivity index (χ3n) is 5.29. The third-order valence-corrected chi connectivity index (χ3v) is 5.29. The molecule has 24 heavy (non-hydrogen) atoms.